The van der Waals surface area contributed by atoms with Crippen LogP contribution in [0.25, 0.3) is 22.3 Å². The van der Waals surface area contributed by atoms with Crippen molar-refractivity contribution in [3.8, 4) is 11.4 Å². The molecular weight excluding hydrogens is 401 g/mol. The molecule has 30 heavy (non-hydrogen) atoms. The van der Waals surface area contributed by atoms with Crippen molar-refractivity contribution in [1.29, 1.82) is 0 Å². The van der Waals surface area contributed by atoms with Gasteiger partial charge in [0.1, 0.15) is 12.4 Å². The molecule has 0 spiro atoms. The average Bonchev–Trinajstić information content (AvgIpc) is 3.32. The van der Waals surface area contributed by atoms with Crippen LogP contribution < -0.4 is 10.6 Å². The Hall–Kier alpha value is -3.96. The number of nitrogens with one attached hydrogen (secondary N) is 3. The second-order valence-electron chi connectivity index (χ2n) is 6.43. The summed E-state index contributed by atoms with van der Waals surface area (Å²) in [6.07, 6.45) is 1.59. The van der Waals surface area contributed by atoms with Crippen molar-refractivity contribution in [2.45, 2.75) is 6.18 Å². The lowest BCUT2D eigenvalue weighted by Gasteiger charge is -2.08. The van der Waals surface area contributed by atoms with Crippen molar-refractivity contribution in [3.63, 3.8) is 0 Å². The predicted octanol–water partition coefficient (Wildman–Crippen LogP) is 2.98. The first-order chi connectivity index (χ1) is 14.3. The number of halogens is 3. The van der Waals surface area contributed by atoms with Crippen LogP contribution in [0.4, 0.5) is 24.9 Å². The molecule has 3 N–H and O–H groups in total. The minimum absolute atomic E-state index is 0.133. The monoisotopic (exact) mass is 416 g/mol. The molecule has 0 aliphatic carbocycles. The van der Waals surface area contributed by atoms with E-state index >= 15 is 0 Å². The highest BCUT2D eigenvalue weighted by atomic mass is 19.4. The molecule has 12 heteroatoms. The topological polar surface area (TPSA) is 113 Å². The van der Waals surface area contributed by atoms with Gasteiger partial charge in [-0.2, -0.15) is 18.3 Å². The van der Waals surface area contributed by atoms with Crippen LogP contribution in [0, 0.1) is 0 Å². The molecule has 0 saturated carbocycles. The molecule has 0 radical (unpaired) electrons. The Labute approximate surface area is 167 Å². The molecule has 4 rings (SSSR count). The Morgan fingerprint density at radius 2 is 2.07 bits per heavy atom. The van der Waals surface area contributed by atoms with E-state index in [2.05, 4.69) is 35.7 Å². The quantitative estimate of drug-likeness (QED) is 0.461. The van der Waals surface area contributed by atoms with Crippen LogP contribution in [0.3, 0.4) is 0 Å². The van der Waals surface area contributed by atoms with Crippen LogP contribution in [-0.4, -0.2) is 48.3 Å². The molecule has 0 unspecified atom stereocenters. The number of nitrogens with zero attached hydrogens (tertiary/aromatic N) is 5. The summed E-state index contributed by atoms with van der Waals surface area (Å²) in [6, 6.07) is 4.98. The molecular formula is C18H15F3N8O. The van der Waals surface area contributed by atoms with Crippen molar-refractivity contribution >= 4 is 28.6 Å². The van der Waals surface area contributed by atoms with Gasteiger partial charge < -0.3 is 15.6 Å². The number of carbonyl (C=O) groups is 1. The number of carbonyl (C=O) groups excluding carboxylic acids is 1. The van der Waals surface area contributed by atoms with Gasteiger partial charge in [0.15, 0.2) is 0 Å². The van der Waals surface area contributed by atoms with E-state index in [9.17, 15) is 18.0 Å². The zero-order valence-electron chi connectivity index (χ0n) is 15.5. The maximum absolute atomic E-state index is 12.4. The number of fused-ring (bicyclic) bond motifs is 1. The fraction of sp³-hybridized carbons (Fsp3) is 0.167. The minimum Gasteiger partial charge on any atom is -0.353 e. The fourth-order valence-electron chi connectivity index (χ4n) is 2.73. The van der Waals surface area contributed by atoms with E-state index in [-0.39, 0.29) is 11.9 Å². The summed E-state index contributed by atoms with van der Waals surface area (Å²) in [5, 5.41) is 9.53. The molecule has 0 aromatic carbocycles. The zero-order valence-corrected chi connectivity index (χ0v) is 15.5. The lowest BCUT2D eigenvalue weighted by Crippen LogP contribution is -2.22. The van der Waals surface area contributed by atoms with Crippen molar-refractivity contribution < 1.29 is 18.0 Å². The van der Waals surface area contributed by atoms with Crippen molar-refractivity contribution in [2.75, 3.05) is 17.2 Å². The maximum atomic E-state index is 12.4. The molecule has 0 bridgehead atoms. The highest BCUT2D eigenvalue weighted by Crippen LogP contribution is 2.24. The standard InChI is InChI=1S/C18H15F3N8O/c1-29-8-11(7-25-29)16(30)28-15-5-13-10(6-23-15)4-14(26-13)12-2-3-22-17(27-12)24-9-18(19,20)21/h2-8,26H,9H2,1H3,(H,22,24,27)(H,23,28,30). The number of hydrogen-bond donors (Lipinski definition) is 3. The highest BCUT2D eigenvalue weighted by Gasteiger charge is 2.27. The summed E-state index contributed by atoms with van der Waals surface area (Å²) in [4.78, 5) is 27.5. The number of H-pyrrole nitrogens is 1. The number of amides is 1. The van der Waals surface area contributed by atoms with E-state index < -0.39 is 12.7 Å². The van der Waals surface area contributed by atoms with Gasteiger partial charge in [0.05, 0.1) is 28.7 Å². The number of alkyl halides is 3. The molecule has 154 valence electrons. The third-order valence-corrected chi connectivity index (χ3v) is 4.09. The van der Waals surface area contributed by atoms with Gasteiger partial charge in [-0.05, 0) is 12.1 Å². The highest BCUT2D eigenvalue weighted by molar-refractivity contribution is 6.04. The number of aryl methyl sites for hydroxylation is 1. The zero-order chi connectivity index (χ0) is 21.3. The van der Waals surface area contributed by atoms with Gasteiger partial charge in [0, 0.05) is 37.1 Å². The first kappa shape index (κ1) is 19.4. The average molecular weight is 416 g/mol. The van der Waals surface area contributed by atoms with Crippen LogP contribution in [0.2, 0.25) is 0 Å². The number of rotatable bonds is 5. The molecule has 1 amide bonds. The van der Waals surface area contributed by atoms with Crippen LogP contribution >= 0.6 is 0 Å². The van der Waals surface area contributed by atoms with Gasteiger partial charge in [-0.1, -0.05) is 0 Å². The fourth-order valence-corrected chi connectivity index (χ4v) is 2.73. The number of aromatic nitrogens is 6. The van der Waals surface area contributed by atoms with Crippen LogP contribution in [0.5, 0.6) is 0 Å². The Bertz CT molecular complexity index is 1210. The third kappa shape index (κ3) is 4.37. The molecule has 4 aromatic rings. The Kier molecular flexibility index (Phi) is 4.82. The second kappa shape index (κ2) is 7.46. The van der Waals surface area contributed by atoms with Gasteiger partial charge in [-0.15, -0.1) is 0 Å². The van der Waals surface area contributed by atoms with Gasteiger partial charge >= 0.3 is 6.18 Å². The van der Waals surface area contributed by atoms with Gasteiger partial charge in [0.25, 0.3) is 5.91 Å². The summed E-state index contributed by atoms with van der Waals surface area (Å²) in [5.74, 6) is -0.149. The van der Waals surface area contributed by atoms with Crippen molar-refractivity contribution in [3.05, 3.63) is 48.5 Å². The molecule has 0 fully saturated rings. The largest absolute Gasteiger partial charge is 0.405 e. The molecule has 0 saturated heterocycles. The molecule has 4 aromatic heterocycles. The van der Waals surface area contributed by atoms with E-state index in [1.165, 1.54) is 17.1 Å². The van der Waals surface area contributed by atoms with E-state index in [1.807, 2.05) is 0 Å². The van der Waals surface area contributed by atoms with E-state index in [4.69, 9.17) is 0 Å². The van der Waals surface area contributed by atoms with Gasteiger partial charge in [-0.25, -0.2) is 15.0 Å². The molecule has 0 aliphatic rings. The number of anilines is 2. The second-order valence-corrected chi connectivity index (χ2v) is 6.43. The third-order valence-electron chi connectivity index (χ3n) is 4.09. The number of hydrogen-bond acceptors (Lipinski definition) is 6. The van der Waals surface area contributed by atoms with E-state index in [0.29, 0.717) is 28.3 Å². The first-order valence-corrected chi connectivity index (χ1v) is 8.70. The number of pyridine rings is 1. The molecule has 0 atom stereocenters. The van der Waals surface area contributed by atoms with E-state index in [1.54, 1.807) is 37.6 Å². The molecule has 0 aliphatic heterocycles. The molecule has 4 heterocycles. The molecule has 9 nitrogen and oxygen atoms in total. The van der Waals surface area contributed by atoms with Gasteiger partial charge in [-0.3, -0.25) is 9.48 Å². The summed E-state index contributed by atoms with van der Waals surface area (Å²) >= 11 is 0. The predicted molar refractivity (Wildman–Crippen MR) is 103 cm³/mol. The smallest absolute Gasteiger partial charge is 0.353 e. The summed E-state index contributed by atoms with van der Waals surface area (Å²) in [7, 11) is 1.71. The SMILES string of the molecule is Cn1cc(C(=O)Nc2cc3[nH]c(-c4ccnc(NCC(F)(F)F)n4)cc3cn2)cn1. The van der Waals surface area contributed by atoms with Crippen molar-refractivity contribution in [1.82, 2.24) is 29.7 Å². The van der Waals surface area contributed by atoms with Crippen LogP contribution in [-0.2, 0) is 7.05 Å². The number of aromatic amines is 1. The Morgan fingerprint density at radius 3 is 2.80 bits per heavy atom. The summed E-state index contributed by atoms with van der Waals surface area (Å²) in [6.45, 7) is -1.23. The van der Waals surface area contributed by atoms with E-state index in [0.717, 1.165) is 5.39 Å². The van der Waals surface area contributed by atoms with Crippen LogP contribution in [0.1, 0.15) is 10.4 Å². The van der Waals surface area contributed by atoms with Crippen LogP contribution in [0.15, 0.2) is 43.0 Å². The lowest BCUT2D eigenvalue weighted by atomic mass is 10.2. The van der Waals surface area contributed by atoms with Gasteiger partial charge in [0.2, 0.25) is 5.95 Å². The maximum Gasteiger partial charge on any atom is 0.405 e. The first-order valence-electron chi connectivity index (χ1n) is 8.70. The Morgan fingerprint density at radius 1 is 1.23 bits per heavy atom. The summed E-state index contributed by atoms with van der Waals surface area (Å²) < 4.78 is 38.6. The Balaban J connectivity index is 1.54. The normalized spacial score (nSPS) is 11.6. The lowest BCUT2D eigenvalue weighted by molar-refractivity contribution is -0.115. The van der Waals surface area contributed by atoms with Crippen molar-refractivity contribution in [2.24, 2.45) is 7.05 Å². The summed E-state index contributed by atoms with van der Waals surface area (Å²) in [5.41, 5.74) is 2.04. The minimum atomic E-state index is -4.37.